The molecule has 0 spiro atoms. The lowest BCUT2D eigenvalue weighted by molar-refractivity contribution is -0.151. The zero-order chi connectivity index (χ0) is 41.6. The molecule has 6 aliphatic carbocycles. The van der Waals surface area contributed by atoms with Crippen LogP contribution in [0.4, 0.5) is 0 Å². The molecule has 8 rings (SSSR count). The van der Waals surface area contributed by atoms with Crippen LogP contribution in [0.2, 0.25) is 0 Å². The van der Waals surface area contributed by atoms with Gasteiger partial charge in [0, 0.05) is 29.6 Å². The van der Waals surface area contributed by atoms with Gasteiger partial charge in [0.15, 0.2) is 0 Å². The van der Waals surface area contributed by atoms with Gasteiger partial charge in [0.1, 0.15) is 11.6 Å². The number of hydrogen-bond donors (Lipinski definition) is 2. The first-order valence-electron chi connectivity index (χ1n) is 22.8. The van der Waals surface area contributed by atoms with E-state index in [4.69, 9.17) is 0 Å². The maximum absolute atomic E-state index is 13.6. The smallest absolute Gasteiger partial charge is 0.143 e. The first-order valence-corrected chi connectivity index (χ1v) is 22.8. The Labute approximate surface area is 350 Å². The number of rotatable bonds is 8. The van der Waals surface area contributed by atoms with Crippen LogP contribution in [0.15, 0.2) is 107 Å². The Bertz CT molecular complexity index is 1900. The van der Waals surface area contributed by atoms with Crippen molar-refractivity contribution in [3.63, 3.8) is 0 Å². The number of benzene rings is 2. The van der Waals surface area contributed by atoms with Crippen LogP contribution in [0.3, 0.4) is 0 Å². The van der Waals surface area contributed by atoms with Crippen LogP contribution in [0.5, 0.6) is 0 Å². The monoisotopic (exact) mass is 785 g/mol. The predicted molar refractivity (Wildman–Crippen MR) is 237 cm³/mol. The summed E-state index contributed by atoms with van der Waals surface area (Å²) in [6, 6.07) is 20.1. The maximum Gasteiger partial charge on any atom is 0.143 e. The summed E-state index contributed by atoms with van der Waals surface area (Å²) in [5, 5.41) is 22.2. The van der Waals surface area contributed by atoms with Crippen molar-refractivity contribution >= 4 is 11.6 Å². The number of hydrogen-bond acceptors (Lipinski definition) is 4. The molecule has 2 aromatic rings. The third kappa shape index (κ3) is 7.87. The van der Waals surface area contributed by atoms with Crippen molar-refractivity contribution in [1.29, 1.82) is 0 Å². The number of fused-ring (bicyclic) bond motifs is 6. The number of carbonyl (C=O) groups is 2. The van der Waals surface area contributed by atoms with Crippen molar-refractivity contribution in [2.45, 2.75) is 145 Å². The van der Waals surface area contributed by atoms with Crippen molar-refractivity contribution in [3.8, 4) is 0 Å². The minimum Gasteiger partial charge on any atom is -0.393 e. The molecule has 10 atom stereocenters. The van der Waals surface area contributed by atoms with Gasteiger partial charge in [-0.15, -0.1) is 0 Å². The third-order valence-electron chi connectivity index (χ3n) is 16.7. The van der Waals surface area contributed by atoms with Gasteiger partial charge in [0.05, 0.1) is 12.2 Å². The van der Waals surface area contributed by atoms with Gasteiger partial charge in [-0.05, 0) is 120 Å². The van der Waals surface area contributed by atoms with Gasteiger partial charge in [-0.2, -0.15) is 0 Å². The number of carbonyl (C=O) groups excluding carboxylic acids is 2. The first kappa shape index (κ1) is 42.8. The van der Waals surface area contributed by atoms with Crippen LogP contribution in [0.1, 0.15) is 131 Å². The van der Waals surface area contributed by atoms with Gasteiger partial charge >= 0.3 is 0 Å². The van der Waals surface area contributed by atoms with Crippen molar-refractivity contribution < 1.29 is 19.8 Å². The molecule has 58 heavy (non-hydrogen) atoms. The molecule has 2 N–H and O–H groups in total. The lowest BCUT2D eigenvalue weighted by Gasteiger charge is -2.59. The highest BCUT2D eigenvalue weighted by Gasteiger charge is 2.60. The third-order valence-corrected chi connectivity index (χ3v) is 16.7. The molecule has 6 aliphatic rings. The molecule has 312 valence electrons. The summed E-state index contributed by atoms with van der Waals surface area (Å²) in [4.78, 5) is 27.2. The van der Waals surface area contributed by atoms with E-state index >= 15 is 0 Å². The van der Waals surface area contributed by atoms with Gasteiger partial charge < -0.3 is 10.2 Å². The Morgan fingerprint density at radius 3 is 1.74 bits per heavy atom. The summed E-state index contributed by atoms with van der Waals surface area (Å²) >= 11 is 0. The predicted octanol–water partition coefficient (Wildman–Crippen LogP) is 11.8. The zero-order valence-electron chi connectivity index (χ0n) is 36.9. The summed E-state index contributed by atoms with van der Waals surface area (Å²) < 4.78 is 0. The highest BCUT2D eigenvalue weighted by atomic mass is 16.3. The molecule has 4 heteroatoms. The lowest BCUT2D eigenvalue weighted by Crippen LogP contribution is -2.58. The first-order chi connectivity index (χ1) is 27.5. The molecule has 0 bridgehead atoms. The van der Waals surface area contributed by atoms with Crippen LogP contribution >= 0.6 is 0 Å². The number of aliphatic hydroxyl groups excluding tert-OH is 2. The summed E-state index contributed by atoms with van der Waals surface area (Å²) in [6.45, 7) is 18.1. The van der Waals surface area contributed by atoms with Crippen LogP contribution in [-0.4, -0.2) is 34.0 Å². The van der Waals surface area contributed by atoms with E-state index in [1.807, 2.05) is 60.7 Å². The van der Waals surface area contributed by atoms with E-state index in [2.05, 4.69) is 79.7 Å². The summed E-state index contributed by atoms with van der Waals surface area (Å²) in [5.74, 6) is 2.97. The second kappa shape index (κ2) is 16.6. The molecule has 2 saturated carbocycles. The SMILES string of the molecule is CC(C)C1=CC2=CC(O)C3C(C)(C(=O)Cc4ccccc4)CCCC3(C)C2CC1.CC(C)C1=CC2=CCC3C(C)(C(=O)Cc4ccccc4)CC(O)CC3(C)C2CC1. The highest BCUT2D eigenvalue weighted by molar-refractivity contribution is 5.88. The summed E-state index contributed by atoms with van der Waals surface area (Å²) in [5.41, 5.74) is 7.04. The molecule has 10 unspecified atom stereocenters. The Kier molecular flexibility index (Phi) is 12.2. The van der Waals surface area contributed by atoms with E-state index in [1.54, 1.807) is 5.57 Å². The normalized spacial score (nSPS) is 36.7. The average molecular weight is 785 g/mol. The molecule has 0 saturated heterocycles. The Hall–Kier alpha value is -3.34. The minimum atomic E-state index is -0.543. The van der Waals surface area contributed by atoms with Crippen molar-refractivity contribution in [3.05, 3.63) is 118 Å². The molecule has 0 aliphatic heterocycles. The molecule has 0 heterocycles. The fourth-order valence-electron chi connectivity index (χ4n) is 13.6. The van der Waals surface area contributed by atoms with Crippen LogP contribution in [0, 0.1) is 57.2 Å². The van der Waals surface area contributed by atoms with Gasteiger partial charge in [-0.3, -0.25) is 9.59 Å². The van der Waals surface area contributed by atoms with Crippen molar-refractivity contribution in [2.24, 2.45) is 57.2 Å². The minimum absolute atomic E-state index is 0.00251. The van der Waals surface area contributed by atoms with Gasteiger partial charge in [0.25, 0.3) is 0 Å². The Morgan fingerprint density at radius 2 is 1.19 bits per heavy atom. The largest absolute Gasteiger partial charge is 0.393 e. The second-order valence-electron chi connectivity index (χ2n) is 21.0. The fraction of sp³-hybridized carbons (Fsp3) is 0.593. The Balaban J connectivity index is 0.000000177. The van der Waals surface area contributed by atoms with Gasteiger partial charge in [-0.1, -0.05) is 158 Å². The standard InChI is InChI=1S/2C27H36O2/c1-18(2)20-11-12-22-21(16-20)17-23(28)25-26(22,3)13-8-14-27(25,4)24(29)15-19-9-6-5-7-10-19;1-18(2)20-10-12-23-21(15-20)11-13-24-26(23,3)16-22(28)17-27(24,4)25(29)14-19-8-6-5-7-9-19/h5-7,9-10,16-18,22-23,25,28H,8,11-15H2,1-4H3;5-9,11,15,18,22-24,28H,10,12-14,16-17H2,1-4H3. The zero-order valence-corrected chi connectivity index (χ0v) is 36.9. The van der Waals surface area contributed by atoms with E-state index in [0.717, 1.165) is 68.9 Å². The van der Waals surface area contributed by atoms with E-state index < -0.39 is 23.0 Å². The number of allylic oxidation sites excluding steroid dienone is 7. The summed E-state index contributed by atoms with van der Waals surface area (Å²) in [6.07, 6.45) is 19.3. The molecular formula is C54H72O4. The van der Waals surface area contributed by atoms with Gasteiger partial charge in [-0.25, -0.2) is 0 Å². The van der Waals surface area contributed by atoms with Crippen LogP contribution < -0.4 is 0 Å². The van der Waals surface area contributed by atoms with E-state index in [9.17, 15) is 19.8 Å². The maximum atomic E-state index is 13.6. The molecule has 0 amide bonds. The van der Waals surface area contributed by atoms with E-state index in [1.165, 1.54) is 16.7 Å². The quantitative estimate of drug-likeness (QED) is 0.280. The number of ketones is 2. The molecular weight excluding hydrogens is 713 g/mol. The van der Waals surface area contributed by atoms with Crippen molar-refractivity contribution in [2.75, 3.05) is 0 Å². The molecule has 2 aromatic carbocycles. The average Bonchev–Trinajstić information content (AvgIpc) is 3.18. The van der Waals surface area contributed by atoms with Crippen LogP contribution in [0.25, 0.3) is 0 Å². The number of Topliss-reactive ketones (excluding diaryl/α,β-unsaturated/α-hetero) is 2. The molecule has 4 nitrogen and oxygen atoms in total. The topological polar surface area (TPSA) is 74.6 Å². The van der Waals surface area contributed by atoms with E-state index in [0.29, 0.717) is 60.4 Å². The Morgan fingerprint density at radius 1 is 0.672 bits per heavy atom. The highest BCUT2D eigenvalue weighted by Crippen LogP contribution is 2.64. The van der Waals surface area contributed by atoms with Crippen LogP contribution in [-0.2, 0) is 22.4 Å². The van der Waals surface area contributed by atoms with Crippen molar-refractivity contribution in [1.82, 2.24) is 0 Å². The van der Waals surface area contributed by atoms with E-state index in [-0.39, 0.29) is 16.7 Å². The van der Waals surface area contributed by atoms with Gasteiger partial charge in [0.2, 0.25) is 0 Å². The summed E-state index contributed by atoms with van der Waals surface area (Å²) in [7, 11) is 0. The molecule has 0 aromatic heterocycles. The molecule has 2 fully saturated rings. The fourth-order valence-corrected chi connectivity index (χ4v) is 13.6. The second-order valence-corrected chi connectivity index (χ2v) is 21.0. The lowest BCUT2D eigenvalue weighted by atomic mass is 9.45. The molecule has 0 radical (unpaired) electrons. The number of aliphatic hydroxyl groups is 2.